The Hall–Kier alpha value is -15.9. The minimum absolute atomic E-state index is 0.00400. The lowest BCUT2D eigenvalue weighted by Gasteiger charge is -2.14. The molecule has 646 valence electrons. The monoisotopic (exact) mass is 1750 g/mol. The van der Waals surface area contributed by atoms with Gasteiger partial charge in [-0.15, -0.1) is 0 Å². The molecule has 4 fully saturated rings. The number of benzene rings is 4. The number of alkyl halides is 3. The van der Waals surface area contributed by atoms with Crippen LogP contribution in [0.3, 0.4) is 0 Å². The molecule has 0 unspecified atom stereocenters. The second kappa shape index (κ2) is 36.4. The van der Waals surface area contributed by atoms with Gasteiger partial charge in [-0.1, -0.05) is 54.6 Å². The summed E-state index contributed by atoms with van der Waals surface area (Å²) in [5.41, 5.74) is 11.5. The third kappa shape index (κ3) is 19.8. The third-order valence-corrected chi connectivity index (χ3v) is 22.6. The summed E-state index contributed by atoms with van der Waals surface area (Å²) < 4.78 is 77.3. The summed E-state index contributed by atoms with van der Waals surface area (Å²) >= 11 is 0. The number of nitrogens with one attached hydrogen (secondary N) is 4. The van der Waals surface area contributed by atoms with Crippen LogP contribution >= 0.6 is 0 Å². The lowest BCUT2D eigenvalue weighted by Crippen LogP contribution is -2.31. The third-order valence-electron chi connectivity index (χ3n) is 21.6. The molecule has 4 amide bonds. The highest BCUT2D eigenvalue weighted by molar-refractivity contribution is 7.90. The summed E-state index contributed by atoms with van der Waals surface area (Å²) in [5.74, 6) is -1.08. The first kappa shape index (κ1) is 85.3. The summed E-state index contributed by atoms with van der Waals surface area (Å²) in [6.45, 7) is 0.532. The van der Waals surface area contributed by atoms with Crippen molar-refractivity contribution in [3.8, 4) is 79.0 Å². The number of pyridine rings is 12. The Morgan fingerprint density at radius 2 is 0.667 bits per heavy atom. The molecule has 12 aromatic heterocycles. The number of aromatic nitrogens is 12. The molecule has 16 aromatic rings. The van der Waals surface area contributed by atoms with E-state index in [9.17, 15) is 59.9 Å². The topological polar surface area (TPSA) is 360 Å². The van der Waals surface area contributed by atoms with E-state index in [2.05, 4.69) is 65.9 Å². The van der Waals surface area contributed by atoms with Gasteiger partial charge in [0.2, 0.25) is 33.5 Å². The predicted molar refractivity (Wildman–Crippen MR) is 480 cm³/mol. The van der Waals surface area contributed by atoms with Crippen molar-refractivity contribution in [1.29, 1.82) is 0 Å². The Balaban J connectivity index is 0.000000121. The van der Waals surface area contributed by atoms with Gasteiger partial charge in [0.25, 0.3) is 23.6 Å². The van der Waals surface area contributed by atoms with Crippen LogP contribution in [-0.4, -0.2) is 141 Å². The average Bonchev–Trinajstić information content (AvgIpc) is 1.36. The van der Waals surface area contributed by atoms with E-state index >= 15 is 0 Å². The number of nitrogens with zero attached hydrogens (tertiary/aromatic N) is 12. The predicted octanol–water partition coefficient (Wildman–Crippen LogP) is 14.0. The van der Waals surface area contributed by atoms with Gasteiger partial charge in [0.05, 0.1) is 28.7 Å². The molecule has 129 heavy (non-hydrogen) atoms. The van der Waals surface area contributed by atoms with Gasteiger partial charge in [-0.25, -0.2) is 43.3 Å². The van der Waals surface area contributed by atoms with E-state index in [1.165, 1.54) is 36.9 Å². The van der Waals surface area contributed by atoms with Crippen LogP contribution in [0.4, 0.5) is 13.2 Å². The normalized spacial score (nSPS) is 13.5. The summed E-state index contributed by atoms with van der Waals surface area (Å²) in [6.07, 6.45) is 23.3. The fraction of sp³-hybridized carbons (Fsp3) is 0.175. The van der Waals surface area contributed by atoms with Crippen molar-refractivity contribution in [2.45, 2.75) is 93.7 Å². The molecular formula is C97H79F3N16O12S. The number of carbonyl (C=O) groups excluding carboxylic acids is 4. The number of amides is 4. The zero-order valence-corrected chi connectivity index (χ0v) is 70.2. The van der Waals surface area contributed by atoms with Gasteiger partial charge < -0.3 is 49.0 Å². The zero-order valence-electron chi connectivity index (χ0n) is 69.4. The lowest BCUT2D eigenvalue weighted by atomic mass is 10.1. The molecule has 4 aliphatic rings. The van der Waals surface area contributed by atoms with Crippen molar-refractivity contribution >= 4 is 77.6 Å². The fourth-order valence-electron chi connectivity index (χ4n) is 14.3. The van der Waals surface area contributed by atoms with Crippen LogP contribution in [0, 0.1) is 6.92 Å². The van der Waals surface area contributed by atoms with E-state index in [0.717, 1.165) is 114 Å². The fourth-order valence-corrected chi connectivity index (χ4v) is 14.8. The van der Waals surface area contributed by atoms with Gasteiger partial charge in [-0.2, -0.15) is 13.2 Å². The molecule has 32 heteroatoms. The summed E-state index contributed by atoms with van der Waals surface area (Å²) in [5, 5.41) is 13.1. The average molecular weight is 1750 g/mol. The van der Waals surface area contributed by atoms with Gasteiger partial charge in [-0.05, 0) is 208 Å². The molecule has 12 heterocycles. The maximum absolute atomic E-state index is 13.0. The Bertz CT molecular complexity index is 7450. The van der Waals surface area contributed by atoms with Crippen molar-refractivity contribution in [2.75, 3.05) is 20.0 Å². The Kier molecular flexibility index (Phi) is 24.1. The highest BCUT2D eigenvalue weighted by Crippen LogP contribution is 2.33. The first-order valence-electron chi connectivity index (χ1n) is 41.3. The number of aryl methyl sites for hydroxylation is 1. The summed E-state index contributed by atoms with van der Waals surface area (Å²) in [4.78, 5) is 137. The molecule has 4 aliphatic carbocycles. The molecule has 20 rings (SSSR count). The Morgan fingerprint density at radius 1 is 0.372 bits per heavy atom. The molecule has 0 saturated heterocycles. The van der Waals surface area contributed by atoms with Crippen molar-refractivity contribution in [1.82, 2.24) is 79.4 Å². The second-order valence-electron chi connectivity index (χ2n) is 31.4. The van der Waals surface area contributed by atoms with Crippen molar-refractivity contribution in [3.05, 3.63) is 337 Å². The molecule has 0 radical (unpaired) electrons. The van der Waals surface area contributed by atoms with Crippen LogP contribution in [-0.2, 0) is 9.84 Å². The second-order valence-corrected chi connectivity index (χ2v) is 33.3. The zero-order chi connectivity index (χ0) is 89.8. The van der Waals surface area contributed by atoms with E-state index in [4.69, 9.17) is 4.74 Å². The minimum Gasteiger partial charge on any atom is -0.481 e. The van der Waals surface area contributed by atoms with Crippen LogP contribution in [0.1, 0.15) is 98.5 Å². The van der Waals surface area contributed by atoms with E-state index in [-0.39, 0.29) is 85.4 Å². The van der Waals surface area contributed by atoms with E-state index in [1.54, 1.807) is 143 Å². The molecule has 4 aromatic carbocycles. The quantitative estimate of drug-likeness (QED) is 0.0550. The molecule has 4 saturated carbocycles. The summed E-state index contributed by atoms with van der Waals surface area (Å²) in [7, 11) is -1.81. The number of hydrogen-bond donors (Lipinski definition) is 4. The maximum atomic E-state index is 13.0. The summed E-state index contributed by atoms with van der Waals surface area (Å²) in [6, 6.07) is 58.2. The minimum atomic E-state index is -4.45. The maximum Gasteiger partial charge on any atom is 0.422 e. The van der Waals surface area contributed by atoms with Crippen molar-refractivity contribution < 1.29 is 50.2 Å². The van der Waals surface area contributed by atoms with Gasteiger partial charge in [0, 0.05) is 168 Å². The van der Waals surface area contributed by atoms with Crippen LogP contribution in [0.5, 0.6) is 11.8 Å². The number of sulfone groups is 1. The van der Waals surface area contributed by atoms with Crippen LogP contribution in [0.25, 0.3) is 111 Å². The molecule has 0 aliphatic heterocycles. The van der Waals surface area contributed by atoms with Crippen LogP contribution in [0.15, 0.2) is 293 Å². The largest absolute Gasteiger partial charge is 0.481 e. The first-order valence-corrected chi connectivity index (χ1v) is 43.2. The molecule has 28 nitrogen and oxygen atoms in total. The number of rotatable bonds is 20. The lowest BCUT2D eigenvalue weighted by molar-refractivity contribution is -0.154. The molecule has 0 atom stereocenters. The number of methoxy groups -OCH3 is 1. The van der Waals surface area contributed by atoms with E-state index in [1.807, 2.05) is 121 Å². The van der Waals surface area contributed by atoms with Gasteiger partial charge in [-0.3, -0.25) is 43.3 Å². The number of halogens is 3. The number of ether oxygens (including phenoxy) is 2. The number of hydrogen-bond acceptors (Lipinski definition) is 20. The van der Waals surface area contributed by atoms with Gasteiger partial charge >= 0.3 is 6.18 Å². The van der Waals surface area contributed by atoms with Gasteiger partial charge in [0.1, 0.15) is 44.8 Å². The van der Waals surface area contributed by atoms with Crippen LogP contribution < -0.4 is 52.5 Å². The van der Waals surface area contributed by atoms with E-state index in [0.29, 0.717) is 67.0 Å². The van der Waals surface area contributed by atoms with Crippen molar-refractivity contribution in [3.63, 3.8) is 0 Å². The SMILES string of the molecule is COc1ccc(-c2cccc(-n3cc(C(=O)NC4CC4)c(=O)c4cccnc43)c2)cn1.CS(=O)(=O)c1ccc(-c2cccc(-n3cc(C(=O)NC4CC4)c(=O)c4cccnc43)c2)cn1.Cc1ccc(-c2cccc(-n3cc(C(=O)NC4CC4)c(=O)c4cccnc43)c2)cn1.O=C(NC1CC1)c1cn(-c2cccc(-c3ccc(OCC(F)(F)F)nc3)c2)c2ncccc2c1=O. The first-order chi connectivity index (χ1) is 62.3. The van der Waals surface area contributed by atoms with Crippen molar-refractivity contribution in [2.24, 2.45) is 0 Å². The highest BCUT2D eigenvalue weighted by atomic mass is 32.2. The Labute approximate surface area is 733 Å². The standard InChI is InChI=1S/C25H19F3N4O3.C24H20N4O4S.C24H20N4O3.C24H20N4O2/c26-25(27,28)14-35-21-9-6-16(12-30-21)15-3-1-4-18(11-15)32-13-20(24(34)31-17-7-8-17)22(33)19-5-2-10-29-23(19)32;1-33(31,32)21-10-7-16(13-26-21)15-4-2-5-18(12-15)28-14-20(24(30)27-17-8-9-17)22(29)19-6-3-11-25-23(19)28;1-31-21-10-7-16(13-26-21)15-4-2-5-18(12-15)28-14-20(24(30)27-17-8-9-17)22(29)19-6-3-11-25-23(19)28;1-15-7-8-17(13-26-15)16-4-2-5-19(12-16)28-14-21(24(30)27-18-9-10-18)22(29)20-6-3-11-25-23(20)28/h1-6,9-13,17H,7-8,14H2,(H,31,34);2-7,10-14,17H,8-9H2,1H3,(H,27,30);2-7,10-14,17H,8-9H2,1H3,(H,27,30);2-8,11-14,18H,9-10H2,1H3,(H,27,30). The molecule has 4 N–H and O–H groups in total. The highest BCUT2D eigenvalue weighted by Gasteiger charge is 2.32. The van der Waals surface area contributed by atoms with Crippen LogP contribution in [0.2, 0.25) is 0 Å². The Morgan fingerprint density at radius 3 is 0.922 bits per heavy atom. The van der Waals surface area contributed by atoms with E-state index < -0.39 is 39.9 Å². The molecule has 0 spiro atoms. The molecular weight excluding hydrogens is 1670 g/mol. The number of fused-ring (bicyclic) bond motifs is 4. The smallest absolute Gasteiger partial charge is 0.422 e. The number of carbonyl (C=O) groups is 4. The molecule has 0 bridgehead atoms. The van der Waals surface area contributed by atoms with Gasteiger partial charge in [0.15, 0.2) is 21.5 Å².